The maximum absolute atomic E-state index is 7.25. The Morgan fingerprint density at radius 3 is 0.778 bits per heavy atom. The summed E-state index contributed by atoms with van der Waals surface area (Å²) in [6.45, 7) is 0. The molecule has 0 rings (SSSR count). The summed E-state index contributed by atoms with van der Waals surface area (Å²) in [4.78, 5) is 0. The van der Waals surface area contributed by atoms with E-state index >= 15 is 0 Å². The van der Waals surface area contributed by atoms with E-state index in [0.717, 1.165) is 0 Å². The second kappa shape index (κ2) is 2.93. The third kappa shape index (κ3) is 139. The van der Waals surface area contributed by atoms with Gasteiger partial charge in [0.25, 0.3) is 0 Å². The molecule has 0 atom stereocenters. The summed E-state index contributed by atoms with van der Waals surface area (Å²) in [5.41, 5.74) is 5.75. The molecule has 9 heteroatoms. The van der Waals surface area contributed by atoms with Gasteiger partial charge in [0.2, 0.25) is 0 Å². The fourth-order valence-electron chi connectivity index (χ4n) is 0. The minimum absolute atomic E-state index is 5.06. The first-order valence-corrected chi connectivity index (χ1v) is 20.6. The maximum atomic E-state index is 7.25. The molecule has 0 aliphatic rings. The van der Waals surface area contributed by atoms with E-state index in [-0.39, 0.29) is 0 Å². The quantitative estimate of drug-likeness (QED) is 0.478. The second-order valence-electron chi connectivity index (χ2n) is 0.958. The molecule has 0 unspecified atom stereocenters. The van der Waals surface area contributed by atoms with Gasteiger partial charge in [-0.05, 0) is 0 Å². The predicted molar refractivity (Wildman–Crippen MR) is 43.3 cm³/mol. The summed E-state index contributed by atoms with van der Waals surface area (Å²) in [5, 5.41) is 0. The molecule has 2 nitrogen and oxygen atoms in total. The van der Waals surface area contributed by atoms with Crippen LogP contribution in [0.2, 0.25) is 0 Å². The molecule has 0 aromatic carbocycles. The molecule has 0 spiro atoms. The summed E-state index contributed by atoms with van der Waals surface area (Å²) in [6, 6.07) is 0. The zero-order valence-corrected chi connectivity index (χ0v) is 10.7. The SMILES string of the molecule is N#[O+].[Cl][Sb-]([Cl])([Cl])([Cl])([Cl])[Cl]. The monoisotopic (exact) mass is 361 g/mol. The molecule has 0 bridgehead atoms. The molecule has 0 aromatic heterocycles. The Bertz CT molecular complexity index is 99.8. The Balaban J connectivity index is 0. The Hall–Kier alpha value is 2.23. The van der Waals surface area contributed by atoms with Gasteiger partial charge < -0.3 is 0 Å². The minimum atomic E-state index is -5.42. The van der Waals surface area contributed by atoms with Gasteiger partial charge in [-0.3, -0.25) is 0 Å². The second-order valence-corrected chi connectivity index (χ2v) is 57.9. The Kier molecular flexibility index (Phi) is 4.50. The van der Waals surface area contributed by atoms with Crippen LogP contribution in [0.15, 0.2) is 0 Å². The number of halogens is 6. The standard InChI is InChI=1S/6ClH.NO.Sb/c;;;;;;1-2;/h6*1H;;/q;;;;;;+1;+5/p-6. The van der Waals surface area contributed by atoms with E-state index in [1.165, 1.54) is 0 Å². The van der Waals surface area contributed by atoms with Crippen LogP contribution >= 0.6 is 53.0 Å². The van der Waals surface area contributed by atoms with Crippen molar-refractivity contribution in [2.24, 2.45) is 0 Å². The molecule has 0 aliphatic carbocycles. The van der Waals surface area contributed by atoms with E-state index in [1.807, 2.05) is 0 Å². The zero-order chi connectivity index (χ0) is 8.41. The zero-order valence-electron chi connectivity index (χ0n) is 3.57. The van der Waals surface area contributed by atoms with Crippen molar-refractivity contribution < 1.29 is 4.77 Å². The fraction of sp³-hybridized carbons (Fsp3) is 0. The first kappa shape index (κ1) is 13.8. The number of hydrogen-bond donors (Lipinski definition) is 0. The van der Waals surface area contributed by atoms with E-state index in [1.54, 1.807) is 0 Å². The molecular weight excluding hydrogens is 364 g/mol. The van der Waals surface area contributed by atoms with Crippen molar-refractivity contribution in [3.05, 3.63) is 0 Å². The van der Waals surface area contributed by atoms with Crippen molar-refractivity contribution in [3.8, 4) is 0 Å². The van der Waals surface area contributed by atoms with Crippen molar-refractivity contribution in [2.45, 2.75) is 0 Å². The van der Waals surface area contributed by atoms with Gasteiger partial charge in [-0.15, -0.1) is 0 Å². The van der Waals surface area contributed by atoms with E-state index in [2.05, 4.69) is 0 Å². The number of nitrogens with zero attached hydrogens (tertiary/aromatic N) is 1. The molecule has 0 amide bonds. The average molecular weight is 364 g/mol. The molecule has 9 heavy (non-hydrogen) atoms. The van der Waals surface area contributed by atoms with Crippen molar-refractivity contribution in [3.63, 3.8) is 0 Å². The Morgan fingerprint density at radius 1 is 0.778 bits per heavy atom. The van der Waals surface area contributed by atoms with Crippen LogP contribution in [0, 0.1) is 5.46 Å². The summed E-state index contributed by atoms with van der Waals surface area (Å²) in [6.07, 6.45) is 0. The van der Waals surface area contributed by atoms with Gasteiger partial charge in [0, 0.05) is 0 Å². The van der Waals surface area contributed by atoms with Gasteiger partial charge in [-0.2, -0.15) is 0 Å². The molecule has 0 aliphatic heterocycles. The van der Waals surface area contributed by atoms with Gasteiger partial charge in [-0.25, -0.2) is 0 Å². The predicted octanol–water partition coefficient (Wildman–Crippen LogP) is 3.65. The van der Waals surface area contributed by atoms with Gasteiger partial charge in [0.15, 0.2) is 0 Å². The van der Waals surface area contributed by atoms with Crippen molar-refractivity contribution in [1.82, 2.24) is 0 Å². The van der Waals surface area contributed by atoms with Crippen LogP contribution in [0.25, 0.3) is 0 Å². The topological polar surface area (TPSA) is 43.7 Å². The van der Waals surface area contributed by atoms with Crippen LogP contribution in [-0.2, 0) is 4.77 Å². The molecule has 0 fully saturated rings. The summed E-state index contributed by atoms with van der Waals surface area (Å²) >= 11 is 0. The van der Waals surface area contributed by atoms with Gasteiger partial charge in [-0.1, -0.05) is 0 Å². The summed E-state index contributed by atoms with van der Waals surface area (Å²) in [7, 11) is 25.0. The van der Waals surface area contributed by atoms with E-state index < -0.39 is 9.14 Å². The third-order valence-corrected chi connectivity index (χ3v) is 0. The van der Waals surface area contributed by atoms with Crippen LogP contribution < -0.4 is 0 Å². The van der Waals surface area contributed by atoms with Gasteiger partial charge in [0.1, 0.15) is 0 Å². The van der Waals surface area contributed by atoms with Crippen LogP contribution in [0.1, 0.15) is 0 Å². The Morgan fingerprint density at radius 2 is 0.778 bits per heavy atom. The van der Waals surface area contributed by atoms with Gasteiger partial charge >= 0.3 is 72.3 Å². The molecule has 58 valence electrons. The molecular formula is Cl6NOSb. The summed E-state index contributed by atoms with van der Waals surface area (Å²) < 4.78 is 7.25. The van der Waals surface area contributed by atoms with Crippen LogP contribution in [-0.4, -0.2) is 9.14 Å². The first-order chi connectivity index (χ1) is 3.45. The molecule has 0 N–H and O–H groups in total. The van der Waals surface area contributed by atoms with Crippen molar-refractivity contribution in [1.29, 1.82) is 5.46 Å². The number of rotatable bonds is 0. The number of hydrogen-bond acceptors (Lipinski definition) is 1. The molecule has 0 saturated heterocycles. The molecule has 0 saturated carbocycles. The summed E-state index contributed by atoms with van der Waals surface area (Å²) in [5.74, 6) is 0. The van der Waals surface area contributed by atoms with Crippen LogP contribution in [0.5, 0.6) is 0 Å². The van der Waals surface area contributed by atoms with Crippen LogP contribution in [0.3, 0.4) is 0 Å². The first-order valence-electron chi connectivity index (χ1n) is 1.20. The fourth-order valence-corrected chi connectivity index (χ4v) is 0. The molecule has 0 aromatic rings. The average Bonchev–Trinajstić information content (AvgIpc) is 1.30. The Labute approximate surface area is 71.3 Å². The van der Waals surface area contributed by atoms with Crippen LogP contribution in [0.4, 0.5) is 0 Å². The van der Waals surface area contributed by atoms with Crippen molar-refractivity contribution >= 4 is 62.1 Å². The van der Waals surface area contributed by atoms with Crippen molar-refractivity contribution in [2.75, 3.05) is 0 Å². The van der Waals surface area contributed by atoms with Gasteiger partial charge in [0.05, 0.1) is 0 Å². The van der Waals surface area contributed by atoms with E-state index in [4.69, 9.17) is 63.2 Å². The van der Waals surface area contributed by atoms with E-state index in [9.17, 15) is 0 Å². The molecule has 0 radical (unpaired) electrons. The molecule has 0 heterocycles. The van der Waals surface area contributed by atoms with E-state index in [0.29, 0.717) is 0 Å². The normalized spacial score (nSPS) is 18.2. The third-order valence-electron chi connectivity index (χ3n) is 0.